The molecule has 0 heterocycles. The molecule has 0 radical (unpaired) electrons. The van der Waals surface area contributed by atoms with Crippen LogP contribution in [0.15, 0.2) is 78.9 Å². The second-order valence-electron chi connectivity index (χ2n) is 7.25. The second kappa shape index (κ2) is 10.7. The van der Waals surface area contributed by atoms with E-state index in [1.165, 1.54) is 13.2 Å². The second-order valence-corrected chi connectivity index (χ2v) is 7.25. The molecule has 0 aliphatic carbocycles. The highest BCUT2D eigenvalue weighted by atomic mass is 19.4. The van der Waals surface area contributed by atoms with Gasteiger partial charge in [-0.15, -0.1) is 0 Å². The Morgan fingerprint density at radius 1 is 0.909 bits per heavy atom. The number of ether oxygens (including phenoxy) is 2. The van der Waals surface area contributed by atoms with Gasteiger partial charge >= 0.3 is 12.1 Å². The Morgan fingerprint density at radius 2 is 1.61 bits per heavy atom. The van der Waals surface area contributed by atoms with Gasteiger partial charge < -0.3 is 14.8 Å². The van der Waals surface area contributed by atoms with Gasteiger partial charge in [0.25, 0.3) is 5.91 Å². The molecule has 0 fully saturated rings. The van der Waals surface area contributed by atoms with Crippen LogP contribution in [0.5, 0.6) is 5.75 Å². The first-order valence-electron chi connectivity index (χ1n) is 10.1. The van der Waals surface area contributed by atoms with E-state index >= 15 is 0 Å². The largest absolute Gasteiger partial charge is 0.489 e. The van der Waals surface area contributed by atoms with Crippen molar-refractivity contribution in [2.24, 2.45) is 0 Å². The molecule has 3 aromatic carbocycles. The van der Waals surface area contributed by atoms with Gasteiger partial charge in [0.1, 0.15) is 18.4 Å². The molecule has 0 bridgehead atoms. The lowest BCUT2D eigenvalue weighted by Crippen LogP contribution is -2.43. The van der Waals surface area contributed by atoms with Gasteiger partial charge in [0.05, 0.1) is 12.7 Å². The highest BCUT2D eigenvalue weighted by Gasteiger charge is 2.31. The Hall–Kier alpha value is -3.81. The van der Waals surface area contributed by atoms with E-state index in [1.807, 2.05) is 30.3 Å². The summed E-state index contributed by atoms with van der Waals surface area (Å²) in [5, 5.41) is 2.46. The molecule has 0 saturated heterocycles. The van der Waals surface area contributed by atoms with E-state index in [2.05, 4.69) is 5.32 Å². The minimum absolute atomic E-state index is 0.0936. The molecule has 1 atom stereocenters. The van der Waals surface area contributed by atoms with Gasteiger partial charge in [-0.1, -0.05) is 48.5 Å². The van der Waals surface area contributed by atoms with E-state index < -0.39 is 29.7 Å². The molecule has 0 unspecified atom stereocenters. The number of hydrogen-bond acceptors (Lipinski definition) is 4. The summed E-state index contributed by atoms with van der Waals surface area (Å²) < 4.78 is 49.3. The summed E-state index contributed by atoms with van der Waals surface area (Å²) in [4.78, 5) is 24.7. The lowest BCUT2D eigenvalue weighted by Gasteiger charge is -2.17. The van der Waals surface area contributed by atoms with Crippen molar-refractivity contribution in [2.45, 2.75) is 25.2 Å². The van der Waals surface area contributed by atoms with Gasteiger partial charge in [-0.2, -0.15) is 13.2 Å². The maximum Gasteiger partial charge on any atom is 0.416 e. The Bertz CT molecular complexity index is 1080. The predicted octanol–water partition coefficient (Wildman–Crippen LogP) is 4.80. The van der Waals surface area contributed by atoms with Crippen LogP contribution in [0, 0.1) is 0 Å². The van der Waals surface area contributed by atoms with Crippen molar-refractivity contribution in [1.82, 2.24) is 5.32 Å². The highest BCUT2D eigenvalue weighted by Crippen LogP contribution is 2.29. The summed E-state index contributed by atoms with van der Waals surface area (Å²) in [7, 11) is 1.17. The third kappa shape index (κ3) is 6.83. The average Bonchev–Trinajstić information content (AvgIpc) is 2.82. The van der Waals surface area contributed by atoms with E-state index in [0.717, 1.165) is 23.8 Å². The summed E-state index contributed by atoms with van der Waals surface area (Å²) in [6, 6.07) is 19.5. The molecule has 0 aliphatic rings. The summed E-state index contributed by atoms with van der Waals surface area (Å²) >= 11 is 0. The summed E-state index contributed by atoms with van der Waals surface area (Å²) in [5.41, 5.74) is 0.575. The van der Waals surface area contributed by atoms with Crippen molar-refractivity contribution < 1.29 is 32.2 Å². The van der Waals surface area contributed by atoms with Crippen molar-refractivity contribution in [3.05, 3.63) is 101 Å². The van der Waals surface area contributed by atoms with Gasteiger partial charge in [-0.3, -0.25) is 4.79 Å². The number of esters is 1. The van der Waals surface area contributed by atoms with Crippen LogP contribution in [0.1, 0.15) is 27.0 Å². The fourth-order valence-corrected chi connectivity index (χ4v) is 3.11. The van der Waals surface area contributed by atoms with Crippen LogP contribution in [0.3, 0.4) is 0 Å². The molecule has 3 aromatic rings. The summed E-state index contributed by atoms with van der Waals surface area (Å²) in [6.45, 7) is 0.401. The van der Waals surface area contributed by atoms with Crippen LogP contribution in [0.4, 0.5) is 13.2 Å². The fourth-order valence-electron chi connectivity index (χ4n) is 3.11. The highest BCUT2D eigenvalue weighted by molar-refractivity contribution is 5.97. The molecule has 0 saturated carbocycles. The number of hydrogen-bond donors (Lipinski definition) is 1. The van der Waals surface area contributed by atoms with Crippen molar-refractivity contribution >= 4 is 11.9 Å². The third-order valence-electron chi connectivity index (χ3n) is 4.85. The van der Waals surface area contributed by atoms with Gasteiger partial charge in [0, 0.05) is 12.0 Å². The summed E-state index contributed by atoms with van der Waals surface area (Å²) in [5.74, 6) is -0.885. The topological polar surface area (TPSA) is 64.6 Å². The fraction of sp³-hybridized carbons (Fsp3) is 0.200. The van der Waals surface area contributed by atoms with Gasteiger partial charge in [0.2, 0.25) is 0 Å². The third-order valence-corrected chi connectivity index (χ3v) is 4.85. The molecular formula is C25H22F3NO4. The Morgan fingerprint density at radius 3 is 2.24 bits per heavy atom. The standard InChI is InChI=1S/C25H22F3NO4/c1-32-24(31)22(29-23(30)19-8-5-9-20(15-19)25(26,27)28)14-17-10-12-21(13-11-17)33-16-18-6-3-2-4-7-18/h2-13,15,22H,14,16H2,1H3,(H,29,30)/t22-/m0/s1. The minimum atomic E-state index is -4.58. The molecule has 8 heteroatoms. The lowest BCUT2D eigenvalue weighted by atomic mass is 10.0. The van der Waals surface area contributed by atoms with Gasteiger partial charge in [-0.25, -0.2) is 4.79 Å². The zero-order valence-electron chi connectivity index (χ0n) is 17.8. The van der Waals surface area contributed by atoms with E-state index in [9.17, 15) is 22.8 Å². The number of carbonyl (C=O) groups excluding carboxylic acids is 2. The predicted molar refractivity (Wildman–Crippen MR) is 116 cm³/mol. The molecular weight excluding hydrogens is 435 g/mol. The van der Waals surface area contributed by atoms with E-state index in [-0.39, 0.29) is 12.0 Å². The number of alkyl halides is 3. The molecule has 5 nitrogen and oxygen atoms in total. The normalized spacial score (nSPS) is 12.0. The molecule has 3 rings (SSSR count). The first kappa shape index (κ1) is 23.8. The molecule has 0 spiro atoms. The molecule has 0 aromatic heterocycles. The maximum absolute atomic E-state index is 12.9. The quantitative estimate of drug-likeness (QED) is 0.494. The number of methoxy groups -OCH3 is 1. The van der Waals surface area contributed by atoms with Crippen LogP contribution in [0.25, 0.3) is 0 Å². The number of amides is 1. The van der Waals surface area contributed by atoms with E-state index in [4.69, 9.17) is 9.47 Å². The van der Waals surface area contributed by atoms with Crippen molar-refractivity contribution in [1.29, 1.82) is 0 Å². The van der Waals surface area contributed by atoms with Crippen LogP contribution in [-0.2, 0) is 28.7 Å². The van der Waals surface area contributed by atoms with Crippen LogP contribution in [0.2, 0.25) is 0 Å². The first-order valence-corrected chi connectivity index (χ1v) is 10.1. The molecule has 1 N–H and O–H groups in total. The Labute approximate surface area is 189 Å². The van der Waals surface area contributed by atoms with Crippen LogP contribution < -0.4 is 10.1 Å². The van der Waals surface area contributed by atoms with Crippen molar-refractivity contribution in [2.75, 3.05) is 7.11 Å². The van der Waals surface area contributed by atoms with Gasteiger partial charge in [0.15, 0.2) is 0 Å². The maximum atomic E-state index is 12.9. The van der Waals surface area contributed by atoms with E-state index in [0.29, 0.717) is 17.9 Å². The zero-order valence-corrected chi connectivity index (χ0v) is 17.8. The van der Waals surface area contributed by atoms with Crippen molar-refractivity contribution in [3.63, 3.8) is 0 Å². The number of nitrogens with one attached hydrogen (secondary N) is 1. The zero-order chi connectivity index (χ0) is 23.8. The monoisotopic (exact) mass is 457 g/mol. The lowest BCUT2D eigenvalue weighted by molar-refractivity contribution is -0.143. The number of benzene rings is 3. The SMILES string of the molecule is COC(=O)[C@H](Cc1ccc(OCc2ccccc2)cc1)NC(=O)c1cccc(C(F)(F)F)c1. The Balaban J connectivity index is 1.66. The molecule has 0 aliphatic heterocycles. The molecule has 33 heavy (non-hydrogen) atoms. The first-order chi connectivity index (χ1) is 15.8. The number of halogens is 3. The summed E-state index contributed by atoms with van der Waals surface area (Å²) in [6.07, 6.45) is -4.49. The number of rotatable bonds is 8. The Kier molecular flexibility index (Phi) is 7.71. The van der Waals surface area contributed by atoms with Crippen LogP contribution >= 0.6 is 0 Å². The smallest absolute Gasteiger partial charge is 0.416 e. The minimum Gasteiger partial charge on any atom is -0.489 e. The molecule has 172 valence electrons. The van der Waals surface area contributed by atoms with Crippen molar-refractivity contribution in [3.8, 4) is 5.75 Å². The number of carbonyl (C=O) groups is 2. The molecule has 1 amide bonds. The van der Waals surface area contributed by atoms with Gasteiger partial charge in [-0.05, 0) is 41.5 Å². The van der Waals surface area contributed by atoms with Crippen LogP contribution in [-0.4, -0.2) is 25.0 Å². The van der Waals surface area contributed by atoms with E-state index in [1.54, 1.807) is 24.3 Å². The average molecular weight is 457 g/mol.